The molecular weight excluding hydrogens is 171 g/mol. The number of aldehydes is 1. The van der Waals surface area contributed by atoms with Gasteiger partial charge in [0.15, 0.2) is 6.29 Å². The van der Waals surface area contributed by atoms with Gasteiger partial charge in [-0.25, -0.2) is 0 Å². The summed E-state index contributed by atoms with van der Waals surface area (Å²) >= 11 is 0. The molecule has 0 saturated carbocycles. The minimum absolute atomic E-state index is 0.0789. The van der Waals surface area contributed by atoms with E-state index in [1.54, 1.807) is 0 Å². The Hall–Kier alpha value is -1.39. The zero-order chi connectivity index (χ0) is 9.19. The zero-order valence-electron chi connectivity index (χ0n) is 5.80. The topological polar surface area (TPSA) is 30.0 Å². The fraction of sp³-hybridized carbons (Fsp3) is 0.143. The minimum atomic E-state index is -4.44. The van der Waals surface area contributed by atoms with E-state index in [2.05, 4.69) is 4.98 Å². The summed E-state index contributed by atoms with van der Waals surface area (Å²) in [6, 6.07) is 0.750. The lowest BCUT2D eigenvalue weighted by Gasteiger charge is -2.04. The van der Waals surface area contributed by atoms with E-state index in [4.69, 9.17) is 0 Å². The van der Waals surface area contributed by atoms with Crippen molar-refractivity contribution in [2.24, 2.45) is 0 Å². The molecule has 0 amide bonds. The number of hydrogen-bond donors (Lipinski definition) is 0. The molecule has 0 N–H and O–H groups in total. The van der Waals surface area contributed by atoms with Crippen LogP contribution in [0.15, 0.2) is 18.5 Å². The third-order valence-electron chi connectivity index (χ3n) is 1.22. The maximum absolute atomic E-state index is 11.9. The first-order valence-corrected chi connectivity index (χ1v) is 3.01. The maximum Gasteiger partial charge on any atom is 0.417 e. The van der Waals surface area contributed by atoms with Crippen molar-refractivity contribution in [1.82, 2.24) is 4.98 Å². The molecule has 64 valence electrons. The lowest BCUT2D eigenvalue weighted by molar-refractivity contribution is -0.137. The molecule has 0 radical (unpaired) electrons. The molecule has 2 nitrogen and oxygen atoms in total. The van der Waals surface area contributed by atoms with Crippen molar-refractivity contribution >= 4 is 6.29 Å². The Bertz CT molecular complexity index is 295. The number of carbonyl (C=O) groups is 1. The molecule has 0 aliphatic carbocycles. The monoisotopic (exact) mass is 175 g/mol. The summed E-state index contributed by atoms with van der Waals surface area (Å²) < 4.78 is 35.8. The van der Waals surface area contributed by atoms with E-state index in [1.165, 1.54) is 0 Å². The largest absolute Gasteiger partial charge is 0.417 e. The number of aromatic nitrogens is 1. The smallest absolute Gasteiger partial charge is 0.298 e. The second-order valence-corrected chi connectivity index (χ2v) is 2.12. The predicted octanol–water partition coefficient (Wildman–Crippen LogP) is 1.91. The molecule has 0 aliphatic rings. The van der Waals surface area contributed by atoms with Crippen LogP contribution in [0.2, 0.25) is 0 Å². The Morgan fingerprint density at radius 2 is 2.00 bits per heavy atom. The first kappa shape index (κ1) is 8.70. The molecule has 0 spiro atoms. The van der Waals surface area contributed by atoms with Gasteiger partial charge >= 0.3 is 6.18 Å². The summed E-state index contributed by atoms with van der Waals surface area (Å²) in [4.78, 5) is 13.3. The summed E-state index contributed by atoms with van der Waals surface area (Å²) in [7, 11) is 0. The number of rotatable bonds is 1. The van der Waals surface area contributed by atoms with Gasteiger partial charge in [-0.3, -0.25) is 9.78 Å². The molecular formula is C7H4F3NO. The molecule has 0 atom stereocenters. The van der Waals surface area contributed by atoms with Crippen molar-refractivity contribution in [1.29, 1.82) is 0 Å². The Balaban J connectivity index is 3.10. The summed E-state index contributed by atoms with van der Waals surface area (Å²) in [5, 5.41) is 0. The Morgan fingerprint density at radius 3 is 2.50 bits per heavy atom. The quantitative estimate of drug-likeness (QED) is 0.610. The van der Waals surface area contributed by atoms with Gasteiger partial charge in [0.05, 0.1) is 5.56 Å². The third kappa shape index (κ3) is 1.81. The first-order chi connectivity index (χ1) is 5.54. The maximum atomic E-state index is 11.9. The number of carbonyl (C=O) groups excluding carboxylic acids is 1. The molecule has 0 saturated heterocycles. The van der Waals surface area contributed by atoms with Crippen molar-refractivity contribution in [3.63, 3.8) is 0 Å². The molecule has 12 heavy (non-hydrogen) atoms. The first-order valence-electron chi connectivity index (χ1n) is 3.01. The van der Waals surface area contributed by atoms with Crippen LogP contribution < -0.4 is 0 Å². The molecule has 5 heteroatoms. The molecule has 1 rings (SSSR count). The summed E-state index contributed by atoms with van der Waals surface area (Å²) in [5.41, 5.74) is -0.989. The minimum Gasteiger partial charge on any atom is -0.298 e. The van der Waals surface area contributed by atoms with Crippen LogP contribution in [0, 0.1) is 0 Å². The average molecular weight is 175 g/mol. The zero-order valence-corrected chi connectivity index (χ0v) is 5.80. The van der Waals surface area contributed by atoms with Crippen molar-refractivity contribution < 1.29 is 18.0 Å². The highest BCUT2D eigenvalue weighted by molar-refractivity contribution is 5.74. The van der Waals surface area contributed by atoms with Crippen LogP contribution >= 0.6 is 0 Å². The van der Waals surface area contributed by atoms with Gasteiger partial charge in [0.2, 0.25) is 0 Å². The van der Waals surface area contributed by atoms with Crippen LogP contribution in [-0.2, 0) is 6.18 Å². The van der Waals surface area contributed by atoms with E-state index in [9.17, 15) is 18.0 Å². The van der Waals surface area contributed by atoms with Gasteiger partial charge in [0.25, 0.3) is 0 Å². The van der Waals surface area contributed by atoms with Gasteiger partial charge < -0.3 is 0 Å². The number of halogens is 3. The lowest BCUT2D eigenvalue weighted by atomic mass is 10.2. The van der Waals surface area contributed by atoms with Gasteiger partial charge in [0, 0.05) is 18.0 Å². The molecule has 1 aromatic rings. The lowest BCUT2D eigenvalue weighted by Crippen LogP contribution is -2.05. The van der Waals surface area contributed by atoms with Gasteiger partial charge in [-0.1, -0.05) is 0 Å². The molecule has 1 heterocycles. The van der Waals surface area contributed by atoms with Crippen LogP contribution in [0.3, 0.4) is 0 Å². The second kappa shape index (κ2) is 2.92. The summed E-state index contributed by atoms with van der Waals surface area (Å²) in [5.74, 6) is 0. The predicted molar refractivity (Wildman–Crippen MR) is 34.6 cm³/mol. The van der Waals surface area contributed by atoms with Crippen molar-refractivity contribution in [2.75, 3.05) is 0 Å². The number of nitrogens with zero attached hydrogens (tertiary/aromatic N) is 1. The molecule has 0 bridgehead atoms. The Morgan fingerprint density at radius 1 is 1.33 bits per heavy atom. The van der Waals surface area contributed by atoms with Crippen LogP contribution in [0.25, 0.3) is 0 Å². The fourth-order valence-electron chi connectivity index (χ4n) is 0.677. The fourth-order valence-corrected chi connectivity index (χ4v) is 0.677. The van der Waals surface area contributed by atoms with Crippen molar-refractivity contribution in [2.45, 2.75) is 6.18 Å². The highest BCUT2D eigenvalue weighted by Crippen LogP contribution is 2.28. The van der Waals surface area contributed by atoms with Gasteiger partial charge in [-0.05, 0) is 6.07 Å². The number of hydrogen-bond acceptors (Lipinski definition) is 2. The van der Waals surface area contributed by atoms with Crippen LogP contribution in [0.4, 0.5) is 13.2 Å². The SMILES string of the molecule is O=Cc1cncc(C(F)(F)F)c1. The van der Waals surface area contributed by atoms with E-state index in [-0.39, 0.29) is 5.56 Å². The number of pyridine rings is 1. The molecule has 0 fully saturated rings. The molecule has 1 aromatic heterocycles. The van der Waals surface area contributed by atoms with E-state index in [1.807, 2.05) is 0 Å². The highest BCUT2D eigenvalue weighted by Gasteiger charge is 2.30. The number of alkyl halides is 3. The van der Waals surface area contributed by atoms with Crippen LogP contribution in [0.1, 0.15) is 15.9 Å². The molecule has 0 unspecified atom stereocenters. The highest BCUT2D eigenvalue weighted by atomic mass is 19.4. The summed E-state index contributed by atoms with van der Waals surface area (Å²) in [6.45, 7) is 0. The van der Waals surface area contributed by atoms with E-state index in [0.29, 0.717) is 12.5 Å². The van der Waals surface area contributed by atoms with Crippen LogP contribution in [0.5, 0.6) is 0 Å². The second-order valence-electron chi connectivity index (χ2n) is 2.12. The van der Waals surface area contributed by atoms with Crippen molar-refractivity contribution in [3.05, 3.63) is 29.6 Å². The van der Waals surface area contributed by atoms with E-state index in [0.717, 1.165) is 12.3 Å². The van der Waals surface area contributed by atoms with Gasteiger partial charge in [0.1, 0.15) is 0 Å². The normalized spacial score (nSPS) is 11.2. The van der Waals surface area contributed by atoms with Crippen LogP contribution in [-0.4, -0.2) is 11.3 Å². The summed E-state index contributed by atoms with van der Waals surface area (Å²) in [6.07, 6.45) is -2.37. The standard InChI is InChI=1S/C7H4F3NO/c8-7(9,10)6-1-5(4-12)2-11-3-6/h1-4H. The average Bonchev–Trinajstić information content (AvgIpc) is 2.03. The van der Waals surface area contributed by atoms with Gasteiger partial charge in [-0.15, -0.1) is 0 Å². The van der Waals surface area contributed by atoms with E-state index >= 15 is 0 Å². The third-order valence-corrected chi connectivity index (χ3v) is 1.22. The van der Waals surface area contributed by atoms with E-state index < -0.39 is 11.7 Å². The van der Waals surface area contributed by atoms with Gasteiger partial charge in [-0.2, -0.15) is 13.2 Å². The Labute approximate surface area is 66.0 Å². The van der Waals surface area contributed by atoms with Crippen molar-refractivity contribution in [3.8, 4) is 0 Å². The molecule has 0 aliphatic heterocycles. The Kier molecular flexibility index (Phi) is 2.12. The molecule has 0 aromatic carbocycles.